The summed E-state index contributed by atoms with van der Waals surface area (Å²) >= 11 is 0. The third kappa shape index (κ3) is 5.92. The van der Waals surface area contributed by atoms with Gasteiger partial charge < -0.3 is 20.9 Å². The number of hydrogen-bond donors (Lipinski definition) is 3. The summed E-state index contributed by atoms with van der Waals surface area (Å²) in [5.41, 5.74) is 6.33. The second-order valence-electron chi connectivity index (χ2n) is 4.71. The van der Waals surface area contributed by atoms with Crippen molar-refractivity contribution in [3.05, 3.63) is 35.9 Å². The number of carbonyl (C=O) groups is 3. The first-order valence-corrected chi connectivity index (χ1v) is 6.92. The van der Waals surface area contributed by atoms with Crippen LogP contribution in [0.25, 0.3) is 0 Å². The minimum atomic E-state index is -1.22. The molecule has 1 aromatic rings. The highest BCUT2D eigenvalue weighted by Crippen LogP contribution is 2.05. The SMILES string of the molecule is CCOC(=O)[C@H](Cc1ccccc1)NC(=O)[C@@H](N)CC(=O)O. The molecule has 0 aromatic heterocycles. The summed E-state index contributed by atoms with van der Waals surface area (Å²) in [6.45, 7) is 1.84. The Labute approximate surface area is 128 Å². The van der Waals surface area contributed by atoms with Crippen LogP contribution in [-0.2, 0) is 25.5 Å². The molecule has 1 aromatic carbocycles. The number of benzene rings is 1. The van der Waals surface area contributed by atoms with Gasteiger partial charge in [-0.2, -0.15) is 0 Å². The number of carboxylic acids is 1. The third-order valence-electron chi connectivity index (χ3n) is 2.90. The quantitative estimate of drug-likeness (QED) is 0.585. The molecular formula is C15H20N2O5. The van der Waals surface area contributed by atoms with Crippen molar-refractivity contribution in [3.8, 4) is 0 Å². The normalized spacial score (nSPS) is 13.0. The molecule has 4 N–H and O–H groups in total. The Bertz CT molecular complexity index is 518. The second kappa shape index (κ2) is 8.78. The van der Waals surface area contributed by atoms with Crippen molar-refractivity contribution in [1.82, 2.24) is 5.32 Å². The van der Waals surface area contributed by atoms with Crippen molar-refractivity contribution < 1.29 is 24.2 Å². The lowest BCUT2D eigenvalue weighted by Crippen LogP contribution is -2.50. The molecule has 7 heteroatoms. The predicted molar refractivity (Wildman–Crippen MR) is 78.9 cm³/mol. The average Bonchev–Trinajstić information content (AvgIpc) is 2.47. The van der Waals surface area contributed by atoms with E-state index in [-0.39, 0.29) is 13.0 Å². The molecule has 0 heterocycles. The van der Waals surface area contributed by atoms with Gasteiger partial charge in [0, 0.05) is 6.42 Å². The summed E-state index contributed by atoms with van der Waals surface area (Å²) < 4.78 is 4.93. The molecule has 1 rings (SSSR count). The van der Waals surface area contributed by atoms with Gasteiger partial charge in [0.15, 0.2) is 0 Å². The van der Waals surface area contributed by atoms with Gasteiger partial charge in [-0.1, -0.05) is 30.3 Å². The number of carbonyl (C=O) groups excluding carboxylic acids is 2. The van der Waals surface area contributed by atoms with Crippen molar-refractivity contribution in [3.63, 3.8) is 0 Å². The number of amides is 1. The van der Waals surface area contributed by atoms with Gasteiger partial charge in [-0.05, 0) is 12.5 Å². The van der Waals surface area contributed by atoms with Crippen LogP contribution in [0.2, 0.25) is 0 Å². The predicted octanol–water partition coefficient (Wildman–Crippen LogP) is 0.0790. The van der Waals surface area contributed by atoms with E-state index in [4.69, 9.17) is 15.6 Å². The molecule has 2 atom stereocenters. The number of rotatable bonds is 8. The van der Waals surface area contributed by atoms with E-state index in [1.165, 1.54) is 0 Å². The molecule has 120 valence electrons. The van der Waals surface area contributed by atoms with Crippen molar-refractivity contribution in [2.45, 2.75) is 31.8 Å². The fraction of sp³-hybridized carbons (Fsp3) is 0.400. The summed E-state index contributed by atoms with van der Waals surface area (Å²) in [6.07, 6.45) is -0.266. The van der Waals surface area contributed by atoms with E-state index in [1.54, 1.807) is 6.92 Å². The van der Waals surface area contributed by atoms with Gasteiger partial charge >= 0.3 is 11.9 Å². The summed E-state index contributed by atoms with van der Waals surface area (Å²) in [6, 6.07) is 6.97. The fourth-order valence-corrected chi connectivity index (χ4v) is 1.85. The van der Waals surface area contributed by atoms with E-state index >= 15 is 0 Å². The molecule has 7 nitrogen and oxygen atoms in total. The number of nitrogens with two attached hydrogens (primary N) is 1. The Morgan fingerprint density at radius 1 is 1.27 bits per heavy atom. The Hall–Kier alpha value is -2.41. The lowest BCUT2D eigenvalue weighted by Gasteiger charge is -2.19. The lowest BCUT2D eigenvalue weighted by atomic mass is 10.1. The molecule has 0 unspecified atom stereocenters. The lowest BCUT2D eigenvalue weighted by molar-refractivity contribution is -0.147. The minimum absolute atomic E-state index is 0.182. The zero-order valence-electron chi connectivity index (χ0n) is 12.3. The van der Waals surface area contributed by atoms with Crippen LogP contribution in [0.5, 0.6) is 0 Å². The molecule has 1 amide bonds. The number of ether oxygens (including phenoxy) is 1. The molecule has 0 radical (unpaired) electrons. The highest BCUT2D eigenvalue weighted by molar-refractivity contribution is 5.89. The number of esters is 1. The monoisotopic (exact) mass is 308 g/mol. The summed E-state index contributed by atoms with van der Waals surface area (Å²) in [5, 5.41) is 11.1. The molecule has 22 heavy (non-hydrogen) atoms. The van der Waals surface area contributed by atoms with Gasteiger partial charge in [-0.3, -0.25) is 9.59 Å². The first kappa shape index (κ1) is 17.6. The summed E-state index contributed by atoms with van der Waals surface area (Å²) in [5.74, 6) is -2.46. The number of nitrogens with one attached hydrogen (secondary N) is 1. The zero-order valence-corrected chi connectivity index (χ0v) is 12.3. The maximum Gasteiger partial charge on any atom is 0.328 e. The van der Waals surface area contributed by atoms with Crippen LogP contribution in [0.3, 0.4) is 0 Å². The topological polar surface area (TPSA) is 119 Å². The Morgan fingerprint density at radius 2 is 1.91 bits per heavy atom. The van der Waals surface area contributed by atoms with Gasteiger partial charge in [0.1, 0.15) is 6.04 Å². The summed E-state index contributed by atoms with van der Waals surface area (Å²) in [4.78, 5) is 34.4. The molecule has 0 spiro atoms. The van der Waals surface area contributed by atoms with Crippen LogP contribution >= 0.6 is 0 Å². The summed E-state index contributed by atoms with van der Waals surface area (Å²) in [7, 11) is 0. The molecule has 0 aliphatic heterocycles. The van der Waals surface area contributed by atoms with E-state index < -0.39 is 36.4 Å². The van der Waals surface area contributed by atoms with Crippen LogP contribution in [-0.4, -0.2) is 41.6 Å². The van der Waals surface area contributed by atoms with Crippen molar-refractivity contribution in [1.29, 1.82) is 0 Å². The standard InChI is InChI=1S/C15H20N2O5/c1-2-22-15(21)12(8-10-6-4-3-5-7-10)17-14(20)11(16)9-13(18)19/h3-7,11-12H,2,8-9,16H2,1H3,(H,17,20)(H,18,19)/t11-,12-/m0/s1. The van der Waals surface area contributed by atoms with E-state index in [9.17, 15) is 14.4 Å². The largest absolute Gasteiger partial charge is 0.481 e. The van der Waals surface area contributed by atoms with Crippen molar-refractivity contribution in [2.24, 2.45) is 5.73 Å². The van der Waals surface area contributed by atoms with E-state index in [0.29, 0.717) is 0 Å². The molecule has 0 fully saturated rings. The van der Waals surface area contributed by atoms with Gasteiger partial charge in [0.05, 0.1) is 19.1 Å². The molecule has 0 aliphatic carbocycles. The molecule has 0 saturated heterocycles. The van der Waals surface area contributed by atoms with Gasteiger partial charge in [-0.15, -0.1) is 0 Å². The zero-order chi connectivity index (χ0) is 16.5. The van der Waals surface area contributed by atoms with Crippen LogP contribution in [0.1, 0.15) is 18.9 Å². The highest BCUT2D eigenvalue weighted by atomic mass is 16.5. The van der Waals surface area contributed by atoms with E-state index in [2.05, 4.69) is 5.32 Å². The minimum Gasteiger partial charge on any atom is -0.481 e. The van der Waals surface area contributed by atoms with Crippen LogP contribution in [0.15, 0.2) is 30.3 Å². The van der Waals surface area contributed by atoms with Gasteiger partial charge in [0.2, 0.25) is 5.91 Å². The van der Waals surface area contributed by atoms with Crippen LogP contribution in [0.4, 0.5) is 0 Å². The number of aliphatic carboxylic acids is 1. The Morgan fingerprint density at radius 3 is 2.45 bits per heavy atom. The smallest absolute Gasteiger partial charge is 0.328 e. The van der Waals surface area contributed by atoms with Crippen molar-refractivity contribution >= 4 is 17.8 Å². The van der Waals surface area contributed by atoms with Crippen LogP contribution < -0.4 is 11.1 Å². The molecule has 0 bridgehead atoms. The maximum absolute atomic E-state index is 11.9. The van der Waals surface area contributed by atoms with E-state index in [1.807, 2.05) is 30.3 Å². The average molecular weight is 308 g/mol. The van der Waals surface area contributed by atoms with Gasteiger partial charge in [0.25, 0.3) is 0 Å². The fourth-order valence-electron chi connectivity index (χ4n) is 1.85. The van der Waals surface area contributed by atoms with Gasteiger partial charge in [-0.25, -0.2) is 4.79 Å². The number of carboxylic acid groups (broad SMARTS) is 1. The molecular weight excluding hydrogens is 288 g/mol. The second-order valence-corrected chi connectivity index (χ2v) is 4.71. The third-order valence-corrected chi connectivity index (χ3v) is 2.90. The van der Waals surface area contributed by atoms with E-state index in [0.717, 1.165) is 5.56 Å². The van der Waals surface area contributed by atoms with Crippen molar-refractivity contribution in [2.75, 3.05) is 6.61 Å². The molecule has 0 aliphatic rings. The highest BCUT2D eigenvalue weighted by Gasteiger charge is 2.26. The Balaban J connectivity index is 2.75. The maximum atomic E-state index is 11.9. The van der Waals surface area contributed by atoms with Crippen LogP contribution in [0, 0.1) is 0 Å². The number of hydrogen-bond acceptors (Lipinski definition) is 5. The first-order chi connectivity index (χ1) is 10.4. The first-order valence-electron chi connectivity index (χ1n) is 6.92. The molecule has 0 saturated carbocycles. The Kier molecular flexibility index (Phi) is 7.04.